The van der Waals surface area contributed by atoms with E-state index in [9.17, 15) is 0 Å². The second kappa shape index (κ2) is 7.67. The summed E-state index contributed by atoms with van der Waals surface area (Å²) in [6.45, 7) is 10.3. The SMILES string of the molecule is CCNC(=NCC(C)Cc1cccs1)N1CCC2(CCOC2)C1. The molecule has 2 aliphatic heterocycles. The summed E-state index contributed by atoms with van der Waals surface area (Å²) in [5, 5.41) is 5.64. The van der Waals surface area contributed by atoms with Crippen LogP contribution in [-0.2, 0) is 11.2 Å². The van der Waals surface area contributed by atoms with Gasteiger partial charge < -0.3 is 15.0 Å². The molecule has 1 N–H and O–H groups in total. The molecule has 0 aliphatic carbocycles. The summed E-state index contributed by atoms with van der Waals surface area (Å²) in [7, 11) is 0. The van der Waals surface area contributed by atoms with Gasteiger partial charge in [0.05, 0.1) is 6.61 Å². The van der Waals surface area contributed by atoms with Crippen LogP contribution in [0.3, 0.4) is 0 Å². The molecular formula is C18H29N3OS. The van der Waals surface area contributed by atoms with Gasteiger partial charge >= 0.3 is 0 Å². The van der Waals surface area contributed by atoms with Crippen LogP contribution < -0.4 is 5.32 Å². The minimum Gasteiger partial charge on any atom is -0.381 e. The van der Waals surface area contributed by atoms with Crippen molar-refractivity contribution in [3.05, 3.63) is 22.4 Å². The van der Waals surface area contributed by atoms with Crippen LogP contribution in [0, 0.1) is 11.3 Å². The van der Waals surface area contributed by atoms with E-state index in [1.54, 1.807) is 0 Å². The number of guanidine groups is 1. The molecular weight excluding hydrogens is 306 g/mol. The predicted octanol–water partition coefficient (Wildman–Crippen LogP) is 3.00. The number of thiophene rings is 1. The lowest BCUT2D eigenvalue weighted by Gasteiger charge is -2.25. The Morgan fingerprint density at radius 2 is 2.43 bits per heavy atom. The van der Waals surface area contributed by atoms with Crippen molar-refractivity contribution in [3.8, 4) is 0 Å². The van der Waals surface area contributed by atoms with E-state index in [1.165, 1.54) is 17.7 Å². The summed E-state index contributed by atoms with van der Waals surface area (Å²) >= 11 is 1.85. The number of hydrogen-bond acceptors (Lipinski definition) is 3. The molecule has 0 bridgehead atoms. The Bertz CT molecular complexity index is 508. The molecule has 0 amide bonds. The molecule has 1 aromatic rings. The van der Waals surface area contributed by atoms with Crippen molar-refractivity contribution in [2.45, 2.75) is 33.1 Å². The van der Waals surface area contributed by atoms with E-state index in [4.69, 9.17) is 9.73 Å². The summed E-state index contributed by atoms with van der Waals surface area (Å²) in [5.74, 6) is 1.67. The number of likely N-dealkylation sites (tertiary alicyclic amines) is 1. The first-order valence-corrected chi connectivity index (χ1v) is 9.72. The van der Waals surface area contributed by atoms with Crippen LogP contribution >= 0.6 is 11.3 Å². The average molecular weight is 336 g/mol. The van der Waals surface area contributed by atoms with E-state index in [0.717, 1.165) is 51.8 Å². The smallest absolute Gasteiger partial charge is 0.193 e. The zero-order valence-electron chi connectivity index (χ0n) is 14.4. The third-order valence-electron chi connectivity index (χ3n) is 4.94. The molecule has 2 fully saturated rings. The molecule has 0 aromatic carbocycles. The molecule has 1 aromatic heterocycles. The van der Waals surface area contributed by atoms with Crippen LogP contribution in [0.25, 0.3) is 0 Å². The van der Waals surface area contributed by atoms with Gasteiger partial charge in [0.25, 0.3) is 0 Å². The highest BCUT2D eigenvalue weighted by molar-refractivity contribution is 7.09. The van der Waals surface area contributed by atoms with Crippen molar-refractivity contribution in [3.63, 3.8) is 0 Å². The monoisotopic (exact) mass is 335 g/mol. The fraction of sp³-hybridized carbons (Fsp3) is 0.722. The fourth-order valence-corrected chi connectivity index (χ4v) is 4.46. The zero-order valence-corrected chi connectivity index (χ0v) is 15.2. The van der Waals surface area contributed by atoms with Gasteiger partial charge in [-0.05, 0) is 43.6 Å². The highest BCUT2D eigenvalue weighted by Gasteiger charge is 2.42. The number of hydrogen-bond donors (Lipinski definition) is 1. The van der Waals surface area contributed by atoms with Crippen LogP contribution in [-0.4, -0.2) is 50.3 Å². The normalized spacial score (nSPS) is 26.2. The zero-order chi connectivity index (χ0) is 16.1. The largest absolute Gasteiger partial charge is 0.381 e. The van der Waals surface area contributed by atoms with Gasteiger partial charge in [-0.1, -0.05) is 13.0 Å². The van der Waals surface area contributed by atoms with Gasteiger partial charge in [-0.2, -0.15) is 0 Å². The standard InChI is InChI=1S/C18H29N3OS/c1-3-19-17(20-12-15(2)11-16-5-4-10-23-16)21-8-6-18(13-21)7-9-22-14-18/h4-5,10,15H,3,6-9,11-14H2,1-2H3,(H,19,20). The van der Waals surface area contributed by atoms with Crippen LogP contribution in [0.4, 0.5) is 0 Å². The molecule has 3 heterocycles. The summed E-state index contributed by atoms with van der Waals surface area (Å²) in [6, 6.07) is 4.35. The van der Waals surface area contributed by atoms with Crippen molar-refractivity contribution < 1.29 is 4.74 Å². The second-order valence-corrected chi connectivity index (χ2v) is 8.09. The lowest BCUT2D eigenvalue weighted by molar-refractivity contribution is 0.156. The fourth-order valence-electron chi connectivity index (χ4n) is 3.59. The molecule has 2 unspecified atom stereocenters. The molecule has 23 heavy (non-hydrogen) atoms. The van der Waals surface area contributed by atoms with Crippen LogP contribution in [0.15, 0.2) is 22.5 Å². The van der Waals surface area contributed by atoms with Crippen molar-refractivity contribution >= 4 is 17.3 Å². The molecule has 2 atom stereocenters. The third-order valence-corrected chi connectivity index (χ3v) is 5.84. The van der Waals surface area contributed by atoms with Gasteiger partial charge in [-0.15, -0.1) is 11.3 Å². The summed E-state index contributed by atoms with van der Waals surface area (Å²) in [4.78, 5) is 8.83. The lowest BCUT2D eigenvalue weighted by atomic mass is 9.87. The maximum Gasteiger partial charge on any atom is 0.193 e. The molecule has 2 aliphatic rings. The van der Waals surface area contributed by atoms with Gasteiger partial charge in [0.15, 0.2) is 5.96 Å². The molecule has 0 radical (unpaired) electrons. The Morgan fingerprint density at radius 1 is 1.52 bits per heavy atom. The first-order valence-electron chi connectivity index (χ1n) is 8.84. The molecule has 0 saturated carbocycles. The van der Waals surface area contributed by atoms with Crippen molar-refractivity contribution in [2.24, 2.45) is 16.3 Å². The van der Waals surface area contributed by atoms with E-state index in [0.29, 0.717) is 11.3 Å². The van der Waals surface area contributed by atoms with Crippen LogP contribution in [0.1, 0.15) is 31.6 Å². The van der Waals surface area contributed by atoms with Gasteiger partial charge in [0.1, 0.15) is 0 Å². The first-order chi connectivity index (χ1) is 11.2. The van der Waals surface area contributed by atoms with Gasteiger partial charge in [0.2, 0.25) is 0 Å². The van der Waals surface area contributed by atoms with Crippen molar-refractivity contribution in [2.75, 3.05) is 39.4 Å². The minimum absolute atomic E-state index is 0.388. The molecule has 5 heteroatoms. The molecule has 1 spiro atoms. The van der Waals surface area contributed by atoms with Crippen molar-refractivity contribution in [1.29, 1.82) is 0 Å². The third kappa shape index (κ3) is 4.27. The second-order valence-electron chi connectivity index (χ2n) is 7.06. The highest BCUT2D eigenvalue weighted by atomic mass is 32.1. The molecule has 3 rings (SSSR count). The van der Waals surface area contributed by atoms with Crippen molar-refractivity contribution in [1.82, 2.24) is 10.2 Å². The quantitative estimate of drug-likeness (QED) is 0.664. The van der Waals surface area contributed by atoms with Crippen LogP contribution in [0.2, 0.25) is 0 Å². The lowest BCUT2D eigenvalue weighted by Crippen LogP contribution is -2.41. The maximum atomic E-state index is 5.64. The molecule has 128 valence electrons. The molecule has 2 saturated heterocycles. The first kappa shape index (κ1) is 16.8. The van der Waals surface area contributed by atoms with Gasteiger partial charge in [0, 0.05) is 43.1 Å². The number of nitrogens with zero attached hydrogens (tertiary/aromatic N) is 2. The van der Waals surface area contributed by atoms with E-state index < -0.39 is 0 Å². The molecule has 4 nitrogen and oxygen atoms in total. The van der Waals surface area contributed by atoms with Gasteiger partial charge in [-0.25, -0.2) is 0 Å². The summed E-state index contributed by atoms with van der Waals surface area (Å²) < 4.78 is 5.64. The topological polar surface area (TPSA) is 36.9 Å². The van der Waals surface area contributed by atoms with E-state index in [2.05, 4.69) is 41.6 Å². The number of rotatable bonds is 5. The number of aliphatic imine (C=N–C) groups is 1. The average Bonchev–Trinajstić information content (AvgIpc) is 3.28. The number of ether oxygens (including phenoxy) is 1. The van der Waals surface area contributed by atoms with Crippen LogP contribution in [0.5, 0.6) is 0 Å². The van der Waals surface area contributed by atoms with Gasteiger partial charge in [-0.3, -0.25) is 4.99 Å². The Balaban J connectivity index is 1.57. The van der Waals surface area contributed by atoms with E-state index in [-0.39, 0.29) is 0 Å². The van der Waals surface area contributed by atoms with E-state index >= 15 is 0 Å². The van der Waals surface area contributed by atoms with E-state index in [1.807, 2.05) is 11.3 Å². The summed E-state index contributed by atoms with van der Waals surface area (Å²) in [5.41, 5.74) is 0.388. The Hall–Kier alpha value is -1.07. The Labute approximate surface area is 143 Å². The maximum absolute atomic E-state index is 5.64. The Morgan fingerprint density at radius 3 is 3.13 bits per heavy atom. The minimum atomic E-state index is 0.388. The Kier molecular flexibility index (Phi) is 5.59. The predicted molar refractivity (Wildman–Crippen MR) is 97.2 cm³/mol. The summed E-state index contributed by atoms with van der Waals surface area (Å²) in [6.07, 6.45) is 3.57. The number of nitrogens with one attached hydrogen (secondary N) is 1. The highest BCUT2D eigenvalue weighted by Crippen LogP contribution is 2.38.